The highest BCUT2D eigenvalue weighted by molar-refractivity contribution is 7.89. The molecule has 0 atom stereocenters. The van der Waals surface area contributed by atoms with Gasteiger partial charge in [0.2, 0.25) is 10.0 Å². The Hall–Kier alpha value is -0.860. The van der Waals surface area contributed by atoms with Gasteiger partial charge in [-0.3, -0.25) is 0 Å². The summed E-state index contributed by atoms with van der Waals surface area (Å²) in [6, 6.07) is 2.00. The fraction of sp³-hybridized carbons (Fsp3) is 0.300. The summed E-state index contributed by atoms with van der Waals surface area (Å²) in [5.41, 5.74) is -0.342. The minimum Gasteiger partial charge on any atom is -0.478 e. The second kappa shape index (κ2) is 4.92. The molecule has 0 aliphatic carbocycles. The summed E-state index contributed by atoms with van der Waals surface area (Å²) in [6.07, 6.45) is -0.709. The van der Waals surface area contributed by atoms with Crippen molar-refractivity contribution < 1.29 is 23.4 Å². The lowest BCUT2D eigenvalue weighted by Gasteiger charge is -2.34. The first-order chi connectivity index (χ1) is 8.73. The Morgan fingerprint density at radius 1 is 1.26 bits per heavy atom. The number of halogens is 2. The van der Waals surface area contributed by atoms with Crippen molar-refractivity contribution in [3.63, 3.8) is 0 Å². The van der Waals surface area contributed by atoms with Crippen LogP contribution in [-0.2, 0) is 10.0 Å². The summed E-state index contributed by atoms with van der Waals surface area (Å²) in [5, 5.41) is 17.8. The van der Waals surface area contributed by atoms with Gasteiger partial charge in [0.05, 0.1) is 21.7 Å². The topological polar surface area (TPSA) is 94.9 Å². The molecule has 1 aromatic rings. The van der Waals surface area contributed by atoms with E-state index in [1.165, 1.54) is 0 Å². The number of β-amino-alcohol motifs (C(OH)–C–C–N with tert-alkyl or cyclic N) is 1. The number of benzene rings is 1. The van der Waals surface area contributed by atoms with Crippen LogP contribution in [0.5, 0.6) is 0 Å². The molecule has 0 radical (unpaired) electrons. The zero-order valence-corrected chi connectivity index (χ0v) is 11.7. The number of carboxylic acid groups (broad SMARTS) is 1. The fourth-order valence-corrected chi connectivity index (χ4v) is 3.99. The van der Waals surface area contributed by atoms with Crippen molar-refractivity contribution in [1.82, 2.24) is 4.31 Å². The van der Waals surface area contributed by atoms with Gasteiger partial charge >= 0.3 is 5.97 Å². The molecule has 1 aromatic carbocycles. The molecule has 1 saturated heterocycles. The number of aliphatic hydroxyl groups excluding tert-OH is 1. The van der Waals surface area contributed by atoms with Crippen LogP contribution in [0.3, 0.4) is 0 Å². The van der Waals surface area contributed by atoms with Crippen molar-refractivity contribution in [2.75, 3.05) is 13.1 Å². The molecule has 6 nitrogen and oxygen atoms in total. The molecule has 104 valence electrons. The van der Waals surface area contributed by atoms with Crippen molar-refractivity contribution in [3.8, 4) is 0 Å². The van der Waals surface area contributed by atoms with Crippen molar-refractivity contribution in [2.45, 2.75) is 11.0 Å². The number of hydrogen-bond donors (Lipinski definition) is 2. The first kappa shape index (κ1) is 14.5. The first-order valence-corrected chi connectivity index (χ1v) is 7.33. The molecule has 2 N–H and O–H groups in total. The lowest BCUT2D eigenvalue weighted by atomic mass is 10.2. The Morgan fingerprint density at radius 2 is 1.84 bits per heavy atom. The third-order valence-electron chi connectivity index (χ3n) is 2.70. The monoisotopic (exact) mass is 325 g/mol. The van der Waals surface area contributed by atoms with Crippen LogP contribution >= 0.6 is 23.2 Å². The van der Waals surface area contributed by atoms with Crippen molar-refractivity contribution >= 4 is 39.2 Å². The normalized spacial score (nSPS) is 17.2. The largest absolute Gasteiger partial charge is 0.478 e. The standard InChI is InChI=1S/C10H9Cl2NO5S/c11-7-2-8(12)9(1-6(7)10(15)16)19(17,18)13-3-5(14)4-13/h1-2,5,14H,3-4H2,(H,15,16). The van der Waals surface area contributed by atoms with E-state index in [1.54, 1.807) is 0 Å². The van der Waals surface area contributed by atoms with E-state index in [9.17, 15) is 13.2 Å². The van der Waals surface area contributed by atoms with Crippen LogP contribution in [0, 0.1) is 0 Å². The number of sulfonamides is 1. The maximum absolute atomic E-state index is 12.2. The van der Waals surface area contributed by atoms with Gasteiger partial charge < -0.3 is 10.2 Å². The van der Waals surface area contributed by atoms with Gasteiger partial charge in [-0.15, -0.1) is 0 Å². The minimum absolute atomic E-state index is 0.0380. The molecule has 0 unspecified atom stereocenters. The lowest BCUT2D eigenvalue weighted by Crippen LogP contribution is -2.53. The molecule has 0 bridgehead atoms. The summed E-state index contributed by atoms with van der Waals surface area (Å²) in [6.45, 7) is -0.0760. The minimum atomic E-state index is -3.92. The highest BCUT2D eigenvalue weighted by Gasteiger charge is 2.37. The van der Waals surface area contributed by atoms with Gasteiger partial charge in [0.15, 0.2) is 0 Å². The Morgan fingerprint density at radius 3 is 2.32 bits per heavy atom. The Kier molecular flexibility index (Phi) is 3.76. The number of nitrogens with zero attached hydrogens (tertiary/aromatic N) is 1. The zero-order valence-electron chi connectivity index (χ0n) is 9.38. The Bertz CT molecular complexity index is 640. The molecule has 19 heavy (non-hydrogen) atoms. The third kappa shape index (κ3) is 2.56. The summed E-state index contributed by atoms with van der Waals surface area (Å²) < 4.78 is 25.3. The number of aromatic carboxylic acids is 1. The molecule has 1 heterocycles. The maximum atomic E-state index is 12.2. The van der Waals surface area contributed by atoms with E-state index in [4.69, 9.17) is 33.4 Å². The first-order valence-electron chi connectivity index (χ1n) is 5.14. The van der Waals surface area contributed by atoms with Crippen LogP contribution in [0.25, 0.3) is 0 Å². The van der Waals surface area contributed by atoms with E-state index in [1.807, 2.05) is 0 Å². The number of hydrogen-bond acceptors (Lipinski definition) is 4. The summed E-state index contributed by atoms with van der Waals surface area (Å²) in [5.74, 6) is -1.35. The van der Waals surface area contributed by atoms with Crippen LogP contribution in [0.1, 0.15) is 10.4 Å². The third-order valence-corrected chi connectivity index (χ3v) is 5.31. The van der Waals surface area contributed by atoms with Crippen LogP contribution in [-0.4, -0.2) is 48.1 Å². The van der Waals surface area contributed by atoms with Gasteiger partial charge in [-0.25, -0.2) is 13.2 Å². The molecular weight excluding hydrogens is 317 g/mol. The fourth-order valence-electron chi connectivity index (χ4n) is 1.64. The predicted molar refractivity (Wildman–Crippen MR) is 68.2 cm³/mol. The van der Waals surface area contributed by atoms with Gasteiger partial charge in [0, 0.05) is 13.1 Å². The highest BCUT2D eigenvalue weighted by atomic mass is 35.5. The summed E-state index contributed by atoms with van der Waals surface area (Å²) >= 11 is 11.5. The van der Waals surface area contributed by atoms with Crippen molar-refractivity contribution in [1.29, 1.82) is 0 Å². The summed E-state index contributed by atoms with van der Waals surface area (Å²) in [4.78, 5) is 10.6. The van der Waals surface area contributed by atoms with Crippen LogP contribution < -0.4 is 0 Å². The van der Waals surface area contributed by atoms with E-state index in [0.29, 0.717) is 0 Å². The molecular formula is C10H9Cl2NO5S. The zero-order chi connectivity index (χ0) is 14.4. The van der Waals surface area contributed by atoms with Crippen LogP contribution in [0.15, 0.2) is 17.0 Å². The van der Waals surface area contributed by atoms with Crippen LogP contribution in [0.2, 0.25) is 10.0 Å². The maximum Gasteiger partial charge on any atom is 0.337 e. The van der Waals surface area contributed by atoms with E-state index >= 15 is 0 Å². The second-order valence-electron chi connectivity index (χ2n) is 4.04. The van der Waals surface area contributed by atoms with Gasteiger partial charge in [-0.2, -0.15) is 4.31 Å². The number of rotatable bonds is 3. The molecule has 1 aliphatic rings. The average Bonchev–Trinajstić information content (AvgIpc) is 2.23. The van der Waals surface area contributed by atoms with E-state index < -0.39 is 22.1 Å². The second-order valence-corrected chi connectivity index (χ2v) is 6.76. The van der Waals surface area contributed by atoms with Crippen molar-refractivity contribution in [3.05, 3.63) is 27.7 Å². The van der Waals surface area contributed by atoms with Crippen LogP contribution in [0.4, 0.5) is 0 Å². The number of carboxylic acids is 1. The van der Waals surface area contributed by atoms with Gasteiger partial charge in [-0.1, -0.05) is 23.2 Å². The van der Waals surface area contributed by atoms with E-state index in [-0.39, 0.29) is 33.6 Å². The predicted octanol–water partition coefficient (Wildman–Crippen LogP) is 1.06. The average molecular weight is 326 g/mol. The SMILES string of the molecule is O=C(O)c1cc(S(=O)(=O)N2CC(O)C2)c(Cl)cc1Cl. The molecule has 0 amide bonds. The molecule has 9 heteroatoms. The smallest absolute Gasteiger partial charge is 0.337 e. The van der Waals surface area contributed by atoms with E-state index in [2.05, 4.69) is 0 Å². The quantitative estimate of drug-likeness (QED) is 0.866. The highest BCUT2D eigenvalue weighted by Crippen LogP contribution is 2.32. The molecule has 0 aromatic heterocycles. The van der Waals surface area contributed by atoms with E-state index in [0.717, 1.165) is 16.4 Å². The summed E-state index contributed by atoms with van der Waals surface area (Å²) in [7, 11) is -3.92. The lowest BCUT2D eigenvalue weighted by molar-refractivity contribution is 0.0547. The van der Waals surface area contributed by atoms with Crippen molar-refractivity contribution in [2.24, 2.45) is 0 Å². The van der Waals surface area contributed by atoms with Gasteiger partial charge in [0.1, 0.15) is 4.90 Å². The molecule has 2 rings (SSSR count). The number of aliphatic hydroxyl groups is 1. The molecule has 0 spiro atoms. The Balaban J connectivity index is 2.50. The number of carbonyl (C=O) groups is 1. The molecule has 0 saturated carbocycles. The molecule has 1 fully saturated rings. The van der Waals surface area contributed by atoms with Gasteiger partial charge in [0.25, 0.3) is 0 Å². The van der Waals surface area contributed by atoms with Gasteiger partial charge in [-0.05, 0) is 12.1 Å². The Labute approximate surface area is 119 Å². The molecule has 1 aliphatic heterocycles.